The van der Waals surface area contributed by atoms with Crippen LogP contribution in [0.5, 0.6) is 0 Å². The molecule has 0 aliphatic carbocycles. The van der Waals surface area contributed by atoms with Crippen molar-refractivity contribution in [2.75, 3.05) is 45.9 Å². The highest BCUT2D eigenvalue weighted by Crippen LogP contribution is 2.03. The van der Waals surface area contributed by atoms with Crippen molar-refractivity contribution in [3.05, 3.63) is 0 Å². The van der Waals surface area contributed by atoms with Gasteiger partial charge in [-0.25, -0.2) is 4.79 Å². The minimum absolute atomic E-state index is 0.0884. The number of carbonyl (C=O) groups excluding carboxylic acids is 1. The second kappa shape index (κ2) is 8.76. The number of carboxylic acids is 1. The molecule has 0 aromatic rings. The number of nitrogens with zero attached hydrogens (tertiary/aromatic N) is 2. The lowest BCUT2D eigenvalue weighted by molar-refractivity contribution is -0.138. The summed E-state index contributed by atoms with van der Waals surface area (Å²) in [5.41, 5.74) is 0. The summed E-state index contributed by atoms with van der Waals surface area (Å²) < 4.78 is 5.25. The number of carbonyl (C=O) groups is 2. The lowest BCUT2D eigenvalue weighted by Crippen LogP contribution is -2.49. The maximum Gasteiger partial charge on any atom is 0.323 e. The summed E-state index contributed by atoms with van der Waals surface area (Å²) in [4.78, 5) is 26.4. The molecule has 1 rings (SSSR count). The van der Waals surface area contributed by atoms with E-state index in [9.17, 15) is 9.59 Å². The Morgan fingerprint density at radius 1 is 1.40 bits per heavy atom. The van der Waals surface area contributed by atoms with Gasteiger partial charge in [0.1, 0.15) is 6.54 Å². The molecule has 7 heteroatoms. The molecule has 0 spiro atoms. The summed E-state index contributed by atoms with van der Waals surface area (Å²) >= 11 is 0. The van der Waals surface area contributed by atoms with Gasteiger partial charge in [0, 0.05) is 32.2 Å². The number of hydrogen-bond acceptors (Lipinski definition) is 4. The smallest absolute Gasteiger partial charge is 0.323 e. The number of amides is 2. The lowest BCUT2D eigenvalue weighted by atomic mass is 10.2. The summed E-state index contributed by atoms with van der Waals surface area (Å²) in [5.74, 6) is -0.992. The number of hydrogen-bond donors (Lipinski definition) is 2. The fourth-order valence-corrected chi connectivity index (χ4v) is 2.04. The van der Waals surface area contributed by atoms with E-state index in [1.807, 2.05) is 13.8 Å². The van der Waals surface area contributed by atoms with E-state index in [4.69, 9.17) is 9.84 Å². The third-order valence-electron chi connectivity index (χ3n) is 3.50. The van der Waals surface area contributed by atoms with Gasteiger partial charge < -0.3 is 20.1 Å². The molecule has 1 saturated heterocycles. The van der Waals surface area contributed by atoms with Gasteiger partial charge in [-0.1, -0.05) is 6.92 Å². The van der Waals surface area contributed by atoms with Crippen molar-refractivity contribution in [1.29, 1.82) is 0 Å². The summed E-state index contributed by atoms with van der Waals surface area (Å²) in [5, 5.41) is 11.7. The van der Waals surface area contributed by atoms with E-state index in [0.29, 0.717) is 6.54 Å². The Bertz CT molecular complexity index is 319. The molecule has 1 heterocycles. The van der Waals surface area contributed by atoms with Crippen molar-refractivity contribution < 1.29 is 19.4 Å². The maximum absolute atomic E-state index is 12.0. The number of ether oxygens (including phenoxy) is 1. The second-order valence-electron chi connectivity index (χ2n) is 4.96. The van der Waals surface area contributed by atoms with Crippen molar-refractivity contribution in [3.63, 3.8) is 0 Å². The molecule has 2 amide bonds. The Morgan fingerprint density at radius 2 is 2.05 bits per heavy atom. The number of nitrogens with one attached hydrogen (secondary N) is 1. The Balaban J connectivity index is 2.34. The molecule has 1 unspecified atom stereocenters. The zero-order chi connectivity index (χ0) is 15.0. The first-order valence-corrected chi connectivity index (χ1v) is 7.11. The van der Waals surface area contributed by atoms with Crippen LogP contribution in [-0.4, -0.2) is 78.9 Å². The molecule has 0 aromatic heterocycles. The normalized spacial score (nSPS) is 17.5. The SMILES string of the molecule is CCC(C)N(CC(=O)O)C(=O)NCCN1CCOCC1. The van der Waals surface area contributed by atoms with Crippen LogP contribution in [0.4, 0.5) is 4.79 Å². The molecule has 1 atom stereocenters. The van der Waals surface area contributed by atoms with Gasteiger partial charge in [0.05, 0.1) is 13.2 Å². The number of carboxylic acid groups (broad SMARTS) is 1. The van der Waals surface area contributed by atoms with Crippen LogP contribution in [0.2, 0.25) is 0 Å². The highest BCUT2D eigenvalue weighted by atomic mass is 16.5. The van der Waals surface area contributed by atoms with E-state index < -0.39 is 5.97 Å². The number of morpholine rings is 1. The first-order valence-electron chi connectivity index (χ1n) is 7.11. The third-order valence-corrected chi connectivity index (χ3v) is 3.50. The molecule has 0 saturated carbocycles. The van der Waals surface area contributed by atoms with Crippen LogP contribution in [0.25, 0.3) is 0 Å². The fraction of sp³-hybridized carbons (Fsp3) is 0.846. The van der Waals surface area contributed by atoms with Crippen LogP contribution in [0.3, 0.4) is 0 Å². The minimum Gasteiger partial charge on any atom is -0.480 e. The quantitative estimate of drug-likeness (QED) is 0.699. The molecule has 2 N–H and O–H groups in total. The van der Waals surface area contributed by atoms with Gasteiger partial charge >= 0.3 is 12.0 Å². The highest BCUT2D eigenvalue weighted by Gasteiger charge is 2.21. The van der Waals surface area contributed by atoms with Crippen LogP contribution in [-0.2, 0) is 9.53 Å². The highest BCUT2D eigenvalue weighted by molar-refractivity contribution is 5.80. The number of urea groups is 1. The second-order valence-corrected chi connectivity index (χ2v) is 4.96. The van der Waals surface area contributed by atoms with Gasteiger partial charge in [-0.3, -0.25) is 9.69 Å². The Labute approximate surface area is 119 Å². The zero-order valence-corrected chi connectivity index (χ0v) is 12.3. The summed E-state index contributed by atoms with van der Waals surface area (Å²) in [6, 6.07) is -0.399. The molecule has 0 bridgehead atoms. The predicted molar refractivity (Wildman–Crippen MR) is 74.8 cm³/mol. The topological polar surface area (TPSA) is 82.1 Å². The van der Waals surface area contributed by atoms with E-state index >= 15 is 0 Å². The zero-order valence-electron chi connectivity index (χ0n) is 12.3. The molecule has 20 heavy (non-hydrogen) atoms. The van der Waals surface area contributed by atoms with E-state index in [1.54, 1.807) is 0 Å². The monoisotopic (exact) mass is 287 g/mol. The Hall–Kier alpha value is -1.34. The molecular formula is C13H25N3O4. The molecule has 1 aliphatic heterocycles. The molecule has 116 valence electrons. The van der Waals surface area contributed by atoms with E-state index in [2.05, 4.69) is 10.2 Å². The first-order chi connectivity index (χ1) is 9.54. The number of aliphatic carboxylic acids is 1. The fourth-order valence-electron chi connectivity index (χ4n) is 2.04. The molecule has 7 nitrogen and oxygen atoms in total. The van der Waals surface area contributed by atoms with Crippen LogP contribution in [0.15, 0.2) is 0 Å². The first kappa shape index (κ1) is 16.7. The van der Waals surface area contributed by atoms with Crippen molar-refractivity contribution in [3.8, 4) is 0 Å². The lowest BCUT2D eigenvalue weighted by Gasteiger charge is -2.29. The molecule has 0 radical (unpaired) electrons. The van der Waals surface area contributed by atoms with Gasteiger partial charge in [0.25, 0.3) is 0 Å². The molecule has 1 aliphatic rings. The van der Waals surface area contributed by atoms with Crippen molar-refractivity contribution in [1.82, 2.24) is 15.1 Å². The van der Waals surface area contributed by atoms with Crippen LogP contribution in [0.1, 0.15) is 20.3 Å². The average Bonchev–Trinajstić information content (AvgIpc) is 2.44. The third kappa shape index (κ3) is 5.75. The summed E-state index contributed by atoms with van der Waals surface area (Å²) in [7, 11) is 0. The van der Waals surface area contributed by atoms with E-state index in [-0.39, 0.29) is 18.6 Å². The van der Waals surface area contributed by atoms with Gasteiger partial charge in [-0.2, -0.15) is 0 Å². The van der Waals surface area contributed by atoms with Crippen LogP contribution < -0.4 is 5.32 Å². The molecular weight excluding hydrogens is 262 g/mol. The Kier molecular flexibility index (Phi) is 7.32. The van der Waals surface area contributed by atoms with Gasteiger partial charge in [0.15, 0.2) is 0 Å². The Morgan fingerprint density at radius 3 is 2.60 bits per heavy atom. The molecule has 1 fully saturated rings. The maximum atomic E-state index is 12.0. The van der Waals surface area contributed by atoms with Crippen molar-refractivity contribution in [2.24, 2.45) is 0 Å². The van der Waals surface area contributed by atoms with E-state index in [0.717, 1.165) is 39.3 Å². The van der Waals surface area contributed by atoms with Crippen LogP contribution in [0, 0.1) is 0 Å². The van der Waals surface area contributed by atoms with Crippen LogP contribution >= 0.6 is 0 Å². The van der Waals surface area contributed by atoms with E-state index in [1.165, 1.54) is 4.90 Å². The van der Waals surface area contributed by atoms with Gasteiger partial charge in [-0.15, -0.1) is 0 Å². The number of rotatable bonds is 7. The van der Waals surface area contributed by atoms with Crippen molar-refractivity contribution in [2.45, 2.75) is 26.3 Å². The standard InChI is InChI=1S/C13H25N3O4/c1-3-11(2)16(10-12(17)18)13(19)14-4-5-15-6-8-20-9-7-15/h11H,3-10H2,1-2H3,(H,14,19)(H,17,18). The predicted octanol–water partition coefficient (Wildman–Crippen LogP) is 0.213. The van der Waals surface area contributed by atoms with Gasteiger partial charge in [-0.05, 0) is 13.3 Å². The minimum atomic E-state index is -0.992. The summed E-state index contributed by atoms with van der Waals surface area (Å²) in [6.45, 7) is 8.00. The average molecular weight is 287 g/mol. The summed E-state index contributed by atoms with van der Waals surface area (Å²) in [6.07, 6.45) is 0.726. The van der Waals surface area contributed by atoms with Gasteiger partial charge in [0.2, 0.25) is 0 Å². The van der Waals surface area contributed by atoms with Crippen molar-refractivity contribution >= 4 is 12.0 Å². The molecule has 0 aromatic carbocycles. The largest absolute Gasteiger partial charge is 0.480 e.